The van der Waals surface area contributed by atoms with Gasteiger partial charge in [-0.15, -0.1) is 0 Å². The van der Waals surface area contributed by atoms with Crippen molar-refractivity contribution in [2.24, 2.45) is 11.8 Å². The molecule has 2 saturated carbocycles. The van der Waals surface area contributed by atoms with Crippen LogP contribution in [-0.2, 0) is 0 Å². The molecular weight excluding hydrogens is 120 g/mol. The van der Waals surface area contributed by atoms with Gasteiger partial charge in [-0.2, -0.15) is 0 Å². The van der Waals surface area contributed by atoms with Crippen LogP contribution in [0.1, 0.15) is 51.4 Å². The van der Waals surface area contributed by atoms with E-state index in [4.69, 9.17) is 0 Å². The lowest BCUT2D eigenvalue weighted by atomic mass is 9.92. The molecule has 2 aliphatic carbocycles. The fourth-order valence-electron chi connectivity index (χ4n) is 2.86. The molecule has 58 valence electrons. The van der Waals surface area contributed by atoms with Crippen molar-refractivity contribution in [1.29, 1.82) is 0 Å². The van der Waals surface area contributed by atoms with Crippen LogP contribution in [0.3, 0.4) is 0 Å². The van der Waals surface area contributed by atoms with Crippen LogP contribution in [0.5, 0.6) is 0 Å². The first-order valence-electron chi connectivity index (χ1n) is 4.97. The van der Waals surface area contributed by atoms with Crippen LogP contribution in [0, 0.1) is 11.8 Å². The van der Waals surface area contributed by atoms with Crippen LogP contribution in [-0.4, -0.2) is 0 Å². The molecule has 10 heavy (non-hydrogen) atoms. The highest BCUT2D eigenvalue weighted by Gasteiger charge is 2.27. The van der Waals surface area contributed by atoms with Gasteiger partial charge in [0.25, 0.3) is 0 Å². The topological polar surface area (TPSA) is 0 Å². The molecule has 0 aromatic rings. The number of rotatable bonds is 0. The molecule has 0 heterocycles. The van der Waals surface area contributed by atoms with Crippen LogP contribution in [0.2, 0.25) is 0 Å². The van der Waals surface area contributed by atoms with Crippen LogP contribution >= 0.6 is 0 Å². The fourth-order valence-corrected chi connectivity index (χ4v) is 2.86. The second-order valence-corrected chi connectivity index (χ2v) is 4.09. The zero-order chi connectivity index (χ0) is 6.81. The van der Waals surface area contributed by atoms with Crippen molar-refractivity contribution in [2.45, 2.75) is 51.4 Å². The van der Waals surface area contributed by atoms with Crippen molar-refractivity contribution in [3.63, 3.8) is 0 Å². The minimum atomic E-state index is 1.16. The first-order chi connectivity index (χ1) is 4.97. The molecule has 0 radical (unpaired) electrons. The summed E-state index contributed by atoms with van der Waals surface area (Å²) in [7, 11) is 0. The predicted molar refractivity (Wildman–Crippen MR) is 43.9 cm³/mol. The molecule has 0 aliphatic heterocycles. The Hall–Kier alpha value is 0. The van der Waals surface area contributed by atoms with Crippen LogP contribution in [0.15, 0.2) is 0 Å². The Kier molecular flexibility index (Phi) is 1.97. The maximum atomic E-state index is 1.56. The average Bonchev–Trinajstić information content (AvgIpc) is 2.28. The van der Waals surface area contributed by atoms with E-state index in [2.05, 4.69) is 0 Å². The van der Waals surface area contributed by atoms with Crippen molar-refractivity contribution in [3.05, 3.63) is 0 Å². The Morgan fingerprint density at radius 1 is 0.500 bits per heavy atom. The van der Waals surface area contributed by atoms with Crippen molar-refractivity contribution in [3.8, 4) is 0 Å². The van der Waals surface area contributed by atoms with E-state index in [1.54, 1.807) is 25.7 Å². The number of hydrogen-bond acceptors (Lipinski definition) is 0. The Morgan fingerprint density at radius 2 is 1.00 bits per heavy atom. The first-order valence-corrected chi connectivity index (χ1v) is 4.97. The van der Waals surface area contributed by atoms with Gasteiger partial charge in [0.2, 0.25) is 0 Å². The van der Waals surface area contributed by atoms with E-state index in [1.165, 1.54) is 25.7 Å². The number of hydrogen-bond donors (Lipinski definition) is 0. The summed E-state index contributed by atoms with van der Waals surface area (Å²) < 4.78 is 0. The van der Waals surface area contributed by atoms with Crippen LogP contribution < -0.4 is 0 Å². The third-order valence-corrected chi connectivity index (χ3v) is 3.47. The van der Waals surface area contributed by atoms with E-state index in [-0.39, 0.29) is 0 Å². The summed E-state index contributed by atoms with van der Waals surface area (Å²) in [6, 6.07) is 0. The van der Waals surface area contributed by atoms with Crippen molar-refractivity contribution in [2.75, 3.05) is 0 Å². The van der Waals surface area contributed by atoms with Gasteiger partial charge < -0.3 is 0 Å². The molecule has 0 N–H and O–H groups in total. The highest BCUT2D eigenvalue weighted by Crippen LogP contribution is 2.40. The van der Waals surface area contributed by atoms with Gasteiger partial charge in [-0.05, 0) is 11.8 Å². The maximum absolute atomic E-state index is 1.56. The summed E-state index contributed by atoms with van der Waals surface area (Å²) in [4.78, 5) is 0. The van der Waals surface area contributed by atoms with Crippen LogP contribution in [0.4, 0.5) is 0 Å². The van der Waals surface area contributed by atoms with Crippen molar-refractivity contribution < 1.29 is 0 Å². The van der Waals surface area contributed by atoms with E-state index in [1.807, 2.05) is 0 Å². The SMILES string of the molecule is C1CC[C@H]2CCC[C@@H]2CC1. The molecule has 0 saturated heterocycles. The van der Waals surface area contributed by atoms with Gasteiger partial charge in [0, 0.05) is 0 Å². The van der Waals surface area contributed by atoms with Crippen molar-refractivity contribution >= 4 is 0 Å². The van der Waals surface area contributed by atoms with Gasteiger partial charge in [0.1, 0.15) is 0 Å². The lowest BCUT2D eigenvalue weighted by Crippen LogP contribution is -2.04. The monoisotopic (exact) mass is 138 g/mol. The predicted octanol–water partition coefficient (Wildman–Crippen LogP) is 3.37. The quantitative estimate of drug-likeness (QED) is 0.481. The Balaban J connectivity index is 1.95. The summed E-state index contributed by atoms with van der Waals surface area (Å²) >= 11 is 0. The molecule has 2 fully saturated rings. The van der Waals surface area contributed by atoms with Crippen molar-refractivity contribution in [1.82, 2.24) is 0 Å². The van der Waals surface area contributed by atoms with Gasteiger partial charge >= 0.3 is 0 Å². The Bertz CT molecular complexity index is 94.6. The molecule has 0 heteroatoms. The molecule has 0 spiro atoms. The summed E-state index contributed by atoms with van der Waals surface area (Å²) in [5, 5.41) is 0. The lowest BCUT2D eigenvalue weighted by molar-refractivity contribution is 0.367. The van der Waals surface area contributed by atoms with E-state index in [9.17, 15) is 0 Å². The first kappa shape index (κ1) is 6.69. The largest absolute Gasteiger partial charge is 0.0533 e. The average molecular weight is 138 g/mol. The lowest BCUT2D eigenvalue weighted by Gasteiger charge is -2.14. The Morgan fingerprint density at radius 3 is 1.60 bits per heavy atom. The standard InChI is InChI=1S/C10H18/c1-2-5-9-7-4-8-10(9)6-3-1/h9-10H,1-8H2/t9-,10-/m0/s1. The molecule has 0 aromatic carbocycles. The summed E-state index contributed by atoms with van der Waals surface area (Å²) in [5.41, 5.74) is 0. The number of fused-ring (bicyclic) bond motifs is 1. The van der Waals surface area contributed by atoms with E-state index < -0.39 is 0 Å². The highest BCUT2D eigenvalue weighted by atomic mass is 14.3. The smallest absolute Gasteiger partial charge is 0.0386 e. The fraction of sp³-hybridized carbons (Fsp3) is 1.00. The second kappa shape index (κ2) is 2.94. The second-order valence-electron chi connectivity index (χ2n) is 4.09. The zero-order valence-electron chi connectivity index (χ0n) is 6.81. The van der Waals surface area contributed by atoms with Gasteiger partial charge in [-0.25, -0.2) is 0 Å². The summed E-state index contributed by atoms with van der Waals surface area (Å²) in [5.74, 6) is 2.31. The maximum Gasteiger partial charge on any atom is -0.0386 e. The van der Waals surface area contributed by atoms with Gasteiger partial charge in [-0.1, -0.05) is 51.4 Å². The molecule has 0 nitrogen and oxygen atoms in total. The molecule has 0 unspecified atom stereocenters. The normalized spacial score (nSPS) is 40.8. The zero-order valence-corrected chi connectivity index (χ0v) is 6.81. The minimum absolute atomic E-state index is 1.16. The van der Waals surface area contributed by atoms with Gasteiger partial charge in [-0.3, -0.25) is 0 Å². The molecule has 2 atom stereocenters. The van der Waals surface area contributed by atoms with E-state index in [0.717, 1.165) is 11.8 Å². The molecule has 2 aliphatic rings. The molecule has 2 rings (SSSR count). The van der Waals surface area contributed by atoms with E-state index >= 15 is 0 Å². The minimum Gasteiger partial charge on any atom is -0.0533 e. The van der Waals surface area contributed by atoms with Gasteiger partial charge in [0.15, 0.2) is 0 Å². The third kappa shape index (κ3) is 1.21. The summed E-state index contributed by atoms with van der Waals surface area (Å²) in [6.07, 6.45) is 12.4. The summed E-state index contributed by atoms with van der Waals surface area (Å²) in [6.45, 7) is 0. The highest BCUT2D eigenvalue weighted by molar-refractivity contribution is 4.79. The molecular formula is C10H18. The van der Waals surface area contributed by atoms with Gasteiger partial charge in [0.05, 0.1) is 0 Å². The van der Waals surface area contributed by atoms with E-state index in [0.29, 0.717) is 0 Å². The molecule has 0 amide bonds. The Labute approximate surface area is 64.0 Å². The molecule has 0 aromatic heterocycles. The van der Waals surface area contributed by atoms with Crippen LogP contribution in [0.25, 0.3) is 0 Å². The molecule has 0 bridgehead atoms. The third-order valence-electron chi connectivity index (χ3n) is 3.47.